The number of nitrogens with one attached hydrogen (secondary N) is 2. The smallest absolute Gasteiger partial charge is 0.264 e. The first-order chi connectivity index (χ1) is 15.0. The Bertz CT molecular complexity index is 957. The van der Waals surface area contributed by atoms with Crippen LogP contribution in [0.25, 0.3) is 0 Å². The molecule has 1 aromatic carbocycles. The maximum Gasteiger partial charge on any atom is 0.264 e. The number of hydrogen-bond acceptors (Lipinski definition) is 4. The highest BCUT2D eigenvalue weighted by Gasteiger charge is 2.35. The van der Waals surface area contributed by atoms with Crippen molar-refractivity contribution in [2.75, 3.05) is 11.9 Å². The molecule has 0 bridgehead atoms. The number of halogens is 1. The standard InChI is InChI=1S/C23H26ClN3O3S/c24-18-11-10-16(14-17(18)21(28)25-15-6-2-1-3-7-15)26-22(29)19-8-4-12-27(19)23(30)20-9-5-13-31-20/h5,9-11,13-15,19H,1-4,6-8,12H2,(H,25,28)(H,26,29)/t19-/m0/s1. The zero-order valence-corrected chi connectivity index (χ0v) is 18.8. The van der Waals surface area contributed by atoms with E-state index in [4.69, 9.17) is 11.6 Å². The normalized spacial score (nSPS) is 19.3. The van der Waals surface area contributed by atoms with Gasteiger partial charge in [-0.3, -0.25) is 14.4 Å². The Hall–Kier alpha value is -2.38. The minimum absolute atomic E-state index is 0.115. The number of carbonyl (C=O) groups is 3. The molecule has 0 radical (unpaired) electrons. The van der Waals surface area contributed by atoms with Gasteiger partial charge in [-0.1, -0.05) is 36.9 Å². The van der Waals surface area contributed by atoms with E-state index in [-0.39, 0.29) is 23.8 Å². The van der Waals surface area contributed by atoms with Crippen LogP contribution in [0, 0.1) is 0 Å². The molecule has 8 heteroatoms. The summed E-state index contributed by atoms with van der Waals surface area (Å²) in [6, 6.07) is 8.16. The molecule has 0 unspecified atom stereocenters. The fraction of sp³-hybridized carbons (Fsp3) is 0.435. The van der Waals surface area contributed by atoms with Gasteiger partial charge in [-0.05, 0) is 55.3 Å². The second-order valence-electron chi connectivity index (χ2n) is 8.13. The number of amides is 3. The fourth-order valence-corrected chi connectivity index (χ4v) is 5.22. The van der Waals surface area contributed by atoms with Crippen molar-refractivity contribution in [1.82, 2.24) is 10.2 Å². The third-order valence-electron chi connectivity index (χ3n) is 5.97. The van der Waals surface area contributed by atoms with Crippen molar-refractivity contribution in [2.24, 2.45) is 0 Å². The number of nitrogens with zero attached hydrogens (tertiary/aromatic N) is 1. The molecule has 2 heterocycles. The summed E-state index contributed by atoms with van der Waals surface area (Å²) in [7, 11) is 0. The van der Waals surface area contributed by atoms with Crippen LogP contribution in [0.1, 0.15) is 65.0 Å². The fourth-order valence-electron chi connectivity index (χ4n) is 4.34. The highest BCUT2D eigenvalue weighted by atomic mass is 35.5. The van der Waals surface area contributed by atoms with Gasteiger partial charge >= 0.3 is 0 Å². The lowest BCUT2D eigenvalue weighted by Gasteiger charge is -2.24. The van der Waals surface area contributed by atoms with E-state index in [1.54, 1.807) is 29.2 Å². The molecule has 6 nitrogen and oxygen atoms in total. The second-order valence-corrected chi connectivity index (χ2v) is 9.48. The van der Waals surface area contributed by atoms with Gasteiger partial charge in [0.2, 0.25) is 5.91 Å². The first kappa shape index (κ1) is 21.8. The van der Waals surface area contributed by atoms with E-state index in [0.717, 1.165) is 32.1 Å². The molecule has 31 heavy (non-hydrogen) atoms. The van der Waals surface area contributed by atoms with Crippen molar-refractivity contribution in [3.05, 3.63) is 51.2 Å². The van der Waals surface area contributed by atoms with Crippen LogP contribution in [0.3, 0.4) is 0 Å². The Morgan fingerprint density at radius 3 is 2.58 bits per heavy atom. The predicted molar refractivity (Wildman–Crippen MR) is 123 cm³/mol. The lowest BCUT2D eigenvalue weighted by atomic mass is 9.95. The van der Waals surface area contributed by atoms with Crippen molar-refractivity contribution >= 4 is 46.3 Å². The molecular formula is C23H26ClN3O3S. The molecule has 2 aliphatic rings. The number of hydrogen-bond donors (Lipinski definition) is 2. The minimum atomic E-state index is -0.523. The molecule has 2 fully saturated rings. The largest absolute Gasteiger partial charge is 0.349 e. The summed E-state index contributed by atoms with van der Waals surface area (Å²) < 4.78 is 0. The molecular weight excluding hydrogens is 434 g/mol. The van der Waals surface area contributed by atoms with Crippen molar-refractivity contribution in [3.63, 3.8) is 0 Å². The van der Waals surface area contributed by atoms with Crippen LogP contribution in [-0.2, 0) is 4.79 Å². The summed E-state index contributed by atoms with van der Waals surface area (Å²) in [6.45, 7) is 0.560. The molecule has 164 valence electrons. The third-order valence-corrected chi connectivity index (χ3v) is 7.15. The van der Waals surface area contributed by atoms with Crippen LogP contribution in [0.2, 0.25) is 5.02 Å². The van der Waals surface area contributed by atoms with Gasteiger partial charge in [-0.2, -0.15) is 0 Å². The van der Waals surface area contributed by atoms with Crippen LogP contribution in [0.15, 0.2) is 35.7 Å². The lowest BCUT2D eigenvalue weighted by Crippen LogP contribution is -2.43. The maximum absolute atomic E-state index is 12.9. The maximum atomic E-state index is 12.9. The molecule has 1 saturated heterocycles. The molecule has 0 spiro atoms. The average molecular weight is 460 g/mol. The van der Waals surface area contributed by atoms with Crippen LogP contribution < -0.4 is 10.6 Å². The molecule has 1 aliphatic heterocycles. The number of thiophene rings is 1. The molecule has 1 aliphatic carbocycles. The van der Waals surface area contributed by atoms with E-state index in [0.29, 0.717) is 34.1 Å². The number of rotatable bonds is 5. The predicted octanol–water partition coefficient (Wildman–Crippen LogP) is 4.71. The van der Waals surface area contributed by atoms with E-state index >= 15 is 0 Å². The number of likely N-dealkylation sites (tertiary alicyclic amines) is 1. The Balaban J connectivity index is 1.43. The van der Waals surface area contributed by atoms with E-state index in [1.807, 2.05) is 11.4 Å². The first-order valence-electron chi connectivity index (χ1n) is 10.8. The molecule has 1 saturated carbocycles. The molecule has 3 amide bonds. The SMILES string of the molecule is O=C(NC1CCCCC1)c1cc(NC(=O)[C@@H]2CCCN2C(=O)c2cccs2)ccc1Cl. The topological polar surface area (TPSA) is 78.5 Å². The van der Waals surface area contributed by atoms with Gasteiger partial charge in [-0.25, -0.2) is 0 Å². The van der Waals surface area contributed by atoms with Crippen molar-refractivity contribution < 1.29 is 14.4 Å². The van der Waals surface area contributed by atoms with Crippen LogP contribution in [-0.4, -0.2) is 41.2 Å². The summed E-state index contributed by atoms with van der Waals surface area (Å²) >= 11 is 7.64. The number of carbonyl (C=O) groups excluding carboxylic acids is 3. The van der Waals surface area contributed by atoms with Crippen molar-refractivity contribution in [1.29, 1.82) is 0 Å². The third kappa shape index (κ3) is 5.10. The Kier molecular flexibility index (Phi) is 6.92. The highest BCUT2D eigenvalue weighted by molar-refractivity contribution is 7.12. The van der Waals surface area contributed by atoms with Gasteiger partial charge in [0, 0.05) is 18.3 Å². The summed E-state index contributed by atoms with van der Waals surface area (Å²) in [6.07, 6.45) is 6.82. The van der Waals surface area contributed by atoms with E-state index in [9.17, 15) is 14.4 Å². The zero-order valence-electron chi connectivity index (χ0n) is 17.2. The summed E-state index contributed by atoms with van der Waals surface area (Å²) in [4.78, 5) is 40.7. The van der Waals surface area contributed by atoms with Crippen molar-refractivity contribution in [3.8, 4) is 0 Å². The van der Waals surface area contributed by atoms with Gasteiger partial charge in [-0.15, -0.1) is 11.3 Å². The number of anilines is 1. The van der Waals surface area contributed by atoms with E-state index in [2.05, 4.69) is 10.6 Å². The average Bonchev–Trinajstić information content (AvgIpc) is 3.47. The van der Waals surface area contributed by atoms with Gasteiger partial charge in [0.15, 0.2) is 0 Å². The number of benzene rings is 1. The van der Waals surface area contributed by atoms with Crippen LogP contribution >= 0.6 is 22.9 Å². The lowest BCUT2D eigenvalue weighted by molar-refractivity contribution is -0.119. The monoisotopic (exact) mass is 459 g/mol. The summed E-state index contributed by atoms with van der Waals surface area (Å²) in [5, 5.41) is 8.14. The molecule has 1 aromatic heterocycles. The Morgan fingerprint density at radius 1 is 1.03 bits per heavy atom. The molecule has 2 N–H and O–H groups in total. The first-order valence-corrected chi connectivity index (χ1v) is 12.0. The van der Waals surface area contributed by atoms with E-state index < -0.39 is 6.04 Å². The second kappa shape index (κ2) is 9.83. The van der Waals surface area contributed by atoms with Gasteiger partial charge in [0.25, 0.3) is 11.8 Å². The van der Waals surface area contributed by atoms with Crippen molar-refractivity contribution in [2.45, 2.75) is 57.0 Å². The molecule has 1 atom stereocenters. The Labute approximate surface area is 191 Å². The Morgan fingerprint density at radius 2 is 1.84 bits per heavy atom. The molecule has 2 aromatic rings. The van der Waals surface area contributed by atoms with E-state index in [1.165, 1.54) is 17.8 Å². The quantitative estimate of drug-likeness (QED) is 0.679. The molecule has 4 rings (SSSR count). The van der Waals surface area contributed by atoms with Gasteiger partial charge in [0.1, 0.15) is 6.04 Å². The van der Waals surface area contributed by atoms with Crippen LogP contribution in [0.5, 0.6) is 0 Å². The zero-order chi connectivity index (χ0) is 21.8. The van der Waals surface area contributed by atoms with Crippen LogP contribution in [0.4, 0.5) is 5.69 Å². The summed E-state index contributed by atoms with van der Waals surface area (Å²) in [5.74, 6) is -0.581. The highest BCUT2D eigenvalue weighted by Crippen LogP contribution is 2.26. The summed E-state index contributed by atoms with van der Waals surface area (Å²) in [5.41, 5.74) is 0.849. The van der Waals surface area contributed by atoms with Gasteiger partial charge in [0.05, 0.1) is 15.5 Å². The minimum Gasteiger partial charge on any atom is -0.349 e. The van der Waals surface area contributed by atoms with Gasteiger partial charge < -0.3 is 15.5 Å².